The number of hydrogen-bond donors (Lipinski definition) is 2. The minimum absolute atomic E-state index is 0.150. The minimum Gasteiger partial charge on any atom is -0.465 e. The molecule has 3 aromatic rings. The summed E-state index contributed by atoms with van der Waals surface area (Å²) in [7, 11) is 1.13. The molecule has 0 radical (unpaired) electrons. The van der Waals surface area contributed by atoms with E-state index in [1.54, 1.807) is 4.52 Å². The average Bonchev–Trinajstić information content (AvgIpc) is 3.30. The van der Waals surface area contributed by atoms with Gasteiger partial charge in [-0.15, -0.1) is 5.10 Å². The van der Waals surface area contributed by atoms with Gasteiger partial charge < -0.3 is 20.1 Å². The normalized spacial score (nSPS) is 17.4. The second-order valence-corrected chi connectivity index (χ2v) is 8.99. The smallest absolute Gasteiger partial charge is 0.417 e. The molecular weight excluding hydrogens is 493 g/mol. The summed E-state index contributed by atoms with van der Waals surface area (Å²) in [5, 5.41) is 17.0. The summed E-state index contributed by atoms with van der Waals surface area (Å²) in [6.45, 7) is 6.32. The molecule has 198 valence electrons. The summed E-state index contributed by atoms with van der Waals surface area (Å²) in [5.74, 6) is 0.0136. The van der Waals surface area contributed by atoms with Gasteiger partial charge in [-0.1, -0.05) is 0 Å². The number of alkyl halides is 3. The summed E-state index contributed by atoms with van der Waals surface area (Å²) in [5.41, 5.74) is 0.282. The van der Waals surface area contributed by atoms with Gasteiger partial charge in [-0.25, -0.2) is 19.3 Å². The van der Waals surface area contributed by atoms with Gasteiger partial charge in [-0.2, -0.15) is 13.2 Å². The number of anilines is 2. The largest absolute Gasteiger partial charge is 0.465 e. The van der Waals surface area contributed by atoms with Crippen molar-refractivity contribution >= 4 is 23.2 Å². The number of aromatic nitrogens is 4. The fraction of sp³-hybridized carbons (Fsp3) is 0.478. The lowest BCUT2D eigenvalue weighted by Crippen LogP contribution is -2.42. The number of carboxylic acid groups (broad SMARTS) is 1. The van der Waals surface area contributed by atoms with Crippen LogP contribution in [0.1, 0.15) is 11.1 Å². The van der Waals surface area contributed by atoms with Gasteiger partial charge >= 0.3 is 12.3 Å². The van der Waals surface area contributed by atoms with Crippen molar-refractivity contribution in [1.82, 2.24) is 29.8 Å². The van der Waals surface area contributed by atoms with Gasteiger partial charge in [0.05, 0.1) is 24.3 Å². The number of amides is 1. The van der Waals surface area contributed by atoms with Crippen LogP contribution in [-0.2, 0) is 17.5 Å². The van der Waals surface area contributed by atoms with E-state index in [-0.39, 0.29) is 17.2 Å². The lowest BCUT2D eigenvalue weighted by Gasteiger charge is -2.28. The highest BCUT2D eigenvalue weighted by Crippen LogP contribution is 2.38. The van der Waals surface area contributed by atoms with Gasteiger partial charge in [0, 0.05) is 65.3 Å². The van der Waals surface area contributed by atoms with Crippen LogP contribution >= 0.6 is 0 Å². The van der Waals surface area contributed by atoms with Crippen LogP contribution in [0.25, 0.3) is 16.9 Å². The number of rotatable bonds is 5. The second kappa shape index (κ2) is 10.1. The third-order valence-electron chi connectivity index (χ3n) is 6.49. The average molecular weight is 521 g/mol. The van der Waals surface area contributed by atoms with E-state index in [2.05, 4.69) is 25.3 Å². The zero-order chi connectivity index (χ0) is 26.2. The number of fused-ring (bicyclic) bond motifs is 1. The van der Waals surface area contributed by atoms with E-state index >= 15 is 0 Å². The van der Waals surface area contributed by atoms with Crippen LogP contribution in [0.5, 0.6) is 0 Å². The van der Waals surface area contributed by atoms with E-state index in [0.717, 1.165) is 45.0 Å². The number of hydrogen-bond acceptors (Lipinski definition) is 8. The van der Waals surface area contributed by atoms with Gasteiger partial charge in [0.2, 0.25) is 0 Å². The van der Waals surface area contributed by atoms with Crippen molar-refractivity contribution in [1.29, 1.82) is 0 Å². The molecule has 2 fully saturated rings. The topological polar surface area (TPSA) is 111 Å². The summed E-state index contributed by atoms with van der Waals surface area (Å²) >= 11 is 0. The third-order valence-corrected chi connectivity index (χ3v) is 6.49. The van der Waals surface area contributed by atoms with Crippen molar-refractivity contribution in [2.75, 3.05) is 69.3 Å². The Kier molecular flexibility index (Phi) is 6.88. The molecule has 0 atom stereocenters. The Labute approximate surface area is 210 Å². The number of morpholine rings is 1. The lowest BCUT2D eigenvalue weighted by molar-refractivity contribution is -0.137. The molecule has 2 N–H and O–H groups in total. The highest BCUT2D eigenvalue weighted by atomic mass is 19.4. The molecule has 37 heavy (non-hydrogen) atoms. The number of halogens is 3. The second-order valence-electron chi connectivity index (χ2n) is 8.99. The molecule has 11 nitrogen and oxygen atoms in total. The molecule has 14 heteroatoms. The molecule has 2 aliphatic heterocycles. The zero-order valence-electron chi connectivity index (χ0n) is 20.2. The van der Waals surface area contributed by atoms with E-state index in [0.29, 0.717) is 55.1 Å². The standard InChI is InChI=1S/C23H27F3N8O3/c1-31(22(35)36)19-11-17(23(24,25)26)16(12-28-19)20-29-21(33-6-8-37-9-7-33)18-10-15(14-34(18)30-20)13-32-4-2-27-3-5-32/h10-12,14,27H,2-9,13H2,1H3,(H,35,36). The quantitative estimate of drug-likeness (QED) is 0.523. The van der Waals surface area contributed by atoms with Crippen molar-refractivity contribution in [3.05, 3.63) is 35.7 Å². The molecule has 0 aliphatic carbocycles. The molecule has 5 rings (SSSR count). The van der Waals surface area contributed by atoms with Crippen molar-refractivity contribution in [2.24, 2.45) is 0 Å². The first-order valence-electron chi connectivity index (χ1n) is 11.9. The molecule has 3 aromatic heterocycles. The minimum atomic E-state index is -4.78. The summed E-state index contributed by atoms with van der Waals surface area (Å²) in [6, 6.07) is 2.68. The van der Waals surface area contributed by atoms with Crippen molar-refractivity contribution in [2.45, 2.75) is 12.7 Å². The van der Waals surface area contributed by atoms with Crippen LogP contribution in [0.2, 0.25) is 0 Å². The summed E-state index contributed by atoms with van der Waals surface area (Å²) in [4.78, 5) is 24.7. The molecule has 0 spiro atoms. The first kappa shape index (κ1) is 25.2. The van der Waals surface area contributed by atoms with Crippen LogP contribution in [0.3, 0.4) is 0 Å². The third kappa shape index (κ3) is 5.31. The first-order valence-corrected chi connectivity index (χ1v) is 11.9. The van der Waals surface area contributed by atoms with Crippen LogP contribution in [-0.4, -0.2) is 95.2 Å². The van der Waals surface area contributed by atoms with Crippen molar-refractivity contribution in [3.8, 4) is 11.4 Å². The van der Waals surface area contributed by atoms with Crippen LogP contribution in [0.4, 0.5) is 29.6 Å². The predicted octanol–water partition coefficient (Wildman–Crippen LogP) is 2.17. The molecule has 0 unspecified atom stereocenters. The zero-order valence-corrected chi connectivity index (χ0v) is 20.2. The van der Waals surface area contributed by atoms with E-state index in [1.165, 1.54) is 0 Å². The molecule has 2 aliphatic rings. The molecule has 0 bridgehead atoms. The fourth-order valence-corrected chi connectivity index (χ4v) is 4.51. The number of piperazine rings is 1. The number of nitrogens with zero attached hydrogens (tertiary/aromatic N) is 7. The molecule has 2 saturated heterocycles. The molecular formula is C23H27F3N8O3. The van der Waals surface area contributed by atoms with Crippen molar-refractivity contribution < 1.29 is 27.8 Å². The number of ether oxygens (including phenoxy) is 1. The Bertz CT molecular complexity index is 1290. The Morgan fingerprint density at radius 1 is 1.19 bits per heavy atom. The Morgan fingerprint density at radius 3 is 2.59 bits per heavy atom. The summed E-state index contributed by atoms with van der Waals surface area (Å²) in [6.07, 6.45) is -3.41. The van der Waals surface area contributed by atoms with E-state index in [9.17, 15) is 23.1 Å². The predicted molar refractivity (Wildman–Crippen MR) is 129 cm³/mol. The van der Waals surface area contributed by atoms with E-state index in [4.69, 9.17) is 4.74 Å². The first-order chi connectivity index (χ1) is 17.7. The van der Waals surface area contributed by atoms with Gasteiger partial charge in [0.1, 0.15) is 11.3 Å². The van der Waals surface area contributed by atoms with Crippen LogP contribution in [0.15, 0.2) is 24.5 Å². The molecule has 1 amide bonds. The number of carbonyl (C=O) groups is 1. The molecule has 0 saturated carbocycles. The van der Waals surface area contributed by atoms with Gasteiger partial charge in [0.25, 0.3) is 0 Å². The number of pyridine rings is 1. The highest BCUT2D eigenvalue weighted by Gasteiger charge is 2.36. The molecule has 0 aromatic carbocycles. The summed E-state index contributed by atoms with van der Waals surface area (Å²) < 4.78 is 49.4. The van der Waals surface area contributed by atoms with E-state index in [1.807, 2.05) is 17.2 Å². The van der Waals surface area contributed by atoms with Gasteiger partial charge in [-0.3, -0.25) is 9.80 Å². The van der Waals surface area contributed by atoms with Crippen LogP contribution in [0, 0.1) is 0 Å². The maximum atomic E-state index is 14.1. The van der Waals surface area contributed by atoms with Gasteiger partial charge in [0.15, 0.2) is 11.6 Å². The lowest BCUT2D eigenvalue weighted by atomic mass is 10.1. The van der Waals surface area contributed by atoms with Crippen molar-refractivity contribution in [3.63, 3.8) is 0 Å². The van der Waals surface area contributed by atoms with E-state index < -0.39 is 17.8 Å². The molecule has 5 heterocycles. The fourth-order valence-electron chi connectivity index (χ4n) is 4.51. The Hall–Kier alpha value is -3.49. The Balaban J connectivity index is 1.62. The monoisotopic (exact) mass is 520 g/mol. The Morgan fingerprint density at radius 2 is 1.92 bits per heavy atom. The maximum absolute atomic E-state index is 14.1. The van der Waals surface area contributed by atoms with Crippen LogP contribution < -0.4 is 15.1 Å². The maximum Gasteiger partial charge on any atom is 0.417 e. The SMILES string of the molecule is CN(C(=O)O)c1cc(C(F)(F)F)c(-c2nc(N3CCOCC3)c3cc(CN4CCNCC4)cn3n2)cn1. The highest BCUT2D eigenvalue weighted by molar-refractivity contribution is 5.84. The van der Waals surface area contributed by atoms with Gasteiger partial charge in [-0.05, 0) is 17.7 Å². The number of nitrogens with one attached hydrogen (secondary N) is 1.